The zero-order valence-corrected chi connectivity index (χ0v) is 22.8. The highest BCUT2D eigenvalue weighted by Gasteiger charge is 2.39. The lowest BCUT2D eigenvalue weighted by Crippen LogP contribution is -2.43. The van der Waals surface area contributed by atoms with Gasteiger partial charge in [0.1, 0.15) is 11.3 Å². The monoisotopic (exact) mass is 500 g/mol. The predicted molar refractivity (Wildman–Crippen MR) is 146 cm³/mol. The molecule has 7 nitrogen and oxygen atoms in total. The summed E-state index contributed by atoms with van der Waals surface area (Å²) in [5.41, 5.74) is 8.44. The van der Waals surface area contributed by atoms with Gasteiger partial charge in [0.2, 0.25) is 13.2 Å². The van der Waals surface area contributed by atoms with Crippen LogP contribution in [-0.4, -0.2) is 29.5 Å². The van der Waals surface area contributed by atoms with E-state index in [1.165, 1.54) is 6.20 Å². The minimum atomic E-state index is -2.90. The van der Waals surface area contributed by atoms with Crippen molar-refractivity contribution in [2.45, 2.75) is 72.3 Å². The zero-order chi connectivity index (χ0) is 25.8. The number of hydrogen-bond donors (Lipinski definition) is 1. The number of allylic oxidation sites excluding steroid dienone is 4. The molecule has 1 aliphatic heterocycles. The van der Waals surface area contributed by atoms with E-state index in [1.54, 1.807) is 6.92 Å². The highest BCUT2D eigenvalue weighted by molar-refractivity contribution is 7.62. The van der Waals surface area contributed by atoms with Crippen LogP contribution < -0.4 is 5.73 Å². The molecule has 0 bridgehead atoms. The Morgan fingerprint density at radius 1 is 1.34 bits per heavy atom. The van der Waals surface area contributed by atoms with E-state index in [2.05, 4.69) is 41.7 Å². The van der Waals surface area contributed by atoms with Gasteiger partial charge >= 0.3 is 0 Å². The quantitative estimate of drug-likeness (QED) is 0.287. The third-order valence-corrected chi connectivity index (χ3v) is 9.98. The molecule has 1 saturated carbocycles. The van der Waals surface area contributed by atoms with Crippen LogP contribution in [0.15, 0.2) is 62.9 Å². The number of ether oxygens (including phenoxy) is 1. The third kappa shape index (κ3) is 6.30. The van der Waals surface area contributed by atoms with Gasteiger partial charge in [0.05, 0.1) is 5.71 Å². The highest BCUT2D eigenvalue weighted by Crippen LogP contribution is 2.52. The molecule has 3 rings (SSSR count). The molecule has 1 fully saturated rings. The Balaban J connectivity index is 1.72. The smallest absolute Gasteiger partial charge is 0.242 e. The van der Waals surface area contributed by atoms with E-state index < -0.39 is 12.9 Å². The second kappa shape index (κ2) is 11.2. The van der Waals surface area contributed by atoms with Crippen molar-refractivity contribution >= 4 is 18.9 Å². The van der Waals surface area contributed by atoms with E-state index in [0.717, 1.165) is 43.4 Å². The van der Waals surface area contributed by atoms with Gasteiger partial charge in [-0.05, 0) is 87.1 Å². The lowest BCUT2D eigenvalue weighted by molar-refractivity contribution is 0.163. The fourth-order valence-corrected chi connectivity index (χ4v) is 7.93. The molecule has 0 amide bonds. The number of nitrogens with two attached hydrogens (primary N) is 1. The summed E-state index contributed by atoms with van der Waals surface area (Å²) in [6.45, 7) is 13.7. The van der Waals surface area contributed by atoms with Crippen LogP contribution in [0.5, 0.6) is 0 Å². The molecule has 35 heavy (non-hydrogen) atoms. The summed E-state index contributed by atoms with van der Waals surface area (Å²) < 4.78 is 18.9. The second-order valence-corrected chi connectivity index (χ2v) is 13.4. The van der Waals surface area contributed by atoms with Gasteiger partial charge in [-0.3, -0.25) is 4.57 Å². The molecule has 3 unspecified atom stereocenters. The van der Waals surface area contributed by atoms with E-state index in [0.29, 0.717) is 53.3 Å². The molecule has 0 radical (unpaired) electrons. The van der Waals surface area contributed by atoms with Gasteiger partial charge in [-0.2, -0.15) is 0 Å². The van der Waals surface area contributed by atoms with Gasteiger partial charge < -0.3 is 10.5 Å². The number of aliphatic imine (C=N–C) groups is 2. The normalized spacial score (nSPS) is 32.7. The largest absolute Gasteiger partial charge is 0.464 e. The van der Waals surface area contributed by atoms with Crippen molar-refractivity contribution < 1.29 is 9.30 Å². The van der Waals surface area contributed by atoms with Crippen molar-refractivity contribution in [3.05, 3.63) is 52.9 Å². The first kappa shape index (κ1) is 27.3. The molecule has 8 heteroatoms. The summed E-state index contributed by atoms with van der Waals surface area (Å²) in [6, 6.07) is 0. The van der Waals surface area contributed by atoms with E-state index in [9.17, 15) is 9.47 Å². The Kier molecular flexibility index (Phi) is 8.74. The molecular formula is C27H41N4O3P. The van der Waals surface area contributed by atoms with Crippen LogP contribution in [0.25, 0.3) is 0 Å². The van der Waals surface area contributed by atoms with Crippen LogP contribution >= 0.6 is 7.29 Å². The minimum absolute atomic E-state index is 0.348. The molecule has 2 N–H and O–H groups in total. The molecule has 0 aromatic carbocycles. The van der Waals surface area contributed by atoms with Gasteiger partial charge in [-0.25, -0.2) is 9.98 Å². The van der Waals surface area contributed by atoms with E-state index >= 15 is 0 Å². The number of hydrogen-bond acceptors (Lipinski definition) is 6. The molecule has 3 aliphatic rings. The SMILES string of the molecule is C=C/N=C1/OC(C)(C)C(C2=CC(C)C(C3CCC(CP(=O)(CCC)N=O)CC3)C=C2)=N/C1=C(/C)N. The topological polar surface area (TPSA) is 106 Å². The van der Waals surface area contributed by atoms with E-state index in [4.69, 9.17) is 15.5 Å². The van der Waals surface area contributed by atoms with E-state index in [-0.39, 0.29) is 0 Å². The van der Waals surface area contributed by atoms with Crippen molar-refractivity contribution in [3.8, 4) is 0 Å². The van der Waals surface area contributed by atoms with Crippen molar-refractivity contribution in [3.63, 3.8) is 0 Å². The molecule has 192 valence electrons. The number of rotatable bonds is 8. The highest BCUT2D eigenvalue weighted by atomic mass is 31.2. The third-order valence-electron chi connectivity index (χ3n) is 7.45. The van der Waals surface area contributed by atoms with Crippen LogP contribution in [-0.2, 0) is 9.30 Å². The first-order valence-corrected chi connectivity index (χ1v) is 14.8. The maximum atomic E-state index is 12.7. The maximum absolute atomic E-state index is 12.7. The van der Waals surface area contributed by atoms with Crippen molar-refractivity contribution in [1.29, 1.82) is 0 Å². The summed E-state index contributed by atoms with van der Waals surface area (Å²) >= 11 is 0. The minimum Gasteiger partial charge on any atom is -0.464 e. The average molecular weight is 501 g/mol. The second-order valence-electron chi connectivity index (χ2n) is 10.8. The molecule has 0 aromatic heterocycles. The zero-order valence-electron chi connectivity index (χ0n) is 21.9. The fraction of sp³-hybridized carbons (Fsp3) is 0.630. The Hall–Kier alpha value is -2.27. The van der Waals surface area contributed by atoms with Crippen molar-refractivity contribution in [2.24, 2.45) is 44.3 Å². The number of nitroso groups, excluding NO2 is 1. The Labute approximate surface area is 210 Å². The van der Waals surface area contributed by atoms with E-state index in [1.807, 2.05) is 20.8 Å². The van der Waals surface area contributed by atoms with Crippen LogP contribution in [0.3, 0.4) is 0 Å². The lowest BCUT2D eigenvalue weighted by atomic mass is 9.70. The molecule has 0 aromatic rings. The number of nitrogens with zero attached hydrogens (tertiary/aromatic N) is 3. The fourth-order valence-electron chi connectivity index (χ4n) is 5.73. The van der Waals surface area contributed by atoms with Crippen molar-refractivity contribution in [2.75, 3.05) is 12.3 Å². The Bertz CT molecular complexity index is 1030. The molecule has 1 heterocycles. The summed E-state index contributed by atoms with van der Waals surface area (Å²) in [5, 5.41) is 0. The summed E-state index contributed by atoms with van der Waals surface area (Å²) in [7, 11) is -2.90. The molecule has 0 saturated heterocycles. The van der Waals surface area contributed by atoms with Gasteiger partial charge in [0.25, 0.3) is 0 Å². The maximum Gasteiger partial charge on any atom is 0.242 e. The molecule has 3 atom stereocenters. The summed E-state index contributed by atoms with van der Waals surface area (Å²) in [5.74, 6) is 2.12. The van der Waals surface area contributed by atoms with Gasteiger partial charge in [0.15, 0.2) is 0 Å². The summed E-state index contributed by atoms with van der Waals surface area (Å²) in [4.78, 5) is 23.4. The lowest BCUT2D eigenvalue weighted by Gasteiger charge is -2.38. The van der Waals surface area contributed by atoms with Crippen LogP contribution in [0.2, 0.25) is 0 Å². The molecule has 2 aliphatic carbocycles. The Morgan fingerprint density at radius 2 is 2.03 bits per heavy atom. The molecule has 0 spiro atoms. The first-order valence-electron chi connectivity index (χ1n) is 12.8. The Morgan fingerprint density at radius 3 is 2.57 bits per heavy atom. The van der Waals surface area contributed by atoms with Crippen LogP contribution in [0, 0.1) is 28.6 Å². The molecular weight excluding hydrogens is 459 g/mol. The summed E-state index contributed by atoms with van der Waals surface area (Å²) in [6.07, 6.45) is 14.1. The van der Waals surface area contributed by atoms with Crippen LogP contribution in [0.4, 0.5) is 0 Å². The van der Waals surface area contributed by atoms with Gasteiger partial charge in [0, 0.05) is 24.2 Å². The first-order chi connectivity index (χ1) is 16.5. The van der Waals surface area contributed by atoms with Crippen molar-refractivity contribution in [1.82, 2.24) is 0 Å². The van der Waals surface area contributed by atoms with Crippen LogP contribution in [0.1, 0.15) is 66.7 Å². The average Bonchev–Trinajstić information content (AvgIpc) is 2.79. The predicted octanol–water partition coefficient (Wildman–Crippen LogP) is 6.98. The standard InChI is InChI=1S/C27H41N4O3P/c1-7-15-35(33,31-32)17-20-9-11-21(12-10-20)23-14-13-22(16-18(23)3)25-27(5,6)34-26(29-8-2)24(30-25)19(4)28/h8,13-14,16,18,20-21,23H,2,7,9-12,15,17,28H2,1,3-6H3/b24-19-,29-26+. The van der Waals surface area contributed by atoms with Gasteiger partial charge in [-0.15, -0.1) is 4.91 Å². The van der Waals surface area contributed by atoms with Gasteiger partial charge in [-0.1, -0.05) is 38.7 Å².